The molecule has 5 heteroatoms. The van der Waals surface area contributed by atoms with Crippen LogP contribution >= 0.6 is 0 Å². The molecule has 0 radical (unpaired) electrons. The topological polar surface area (TPSA) is 38.0 Å². The lowest BCUT2D eigenvalue weighted by Crippen LogP contribution is -2.12. The summed E-state index contributed by atoms with van der Waals surface area (Å²) in [5.74, 6) is 0. The van der Waals surface area contributed by atoms with E-state index in [9.17, 15) is 13.2 Å². The minimum atomic E-state index is -4.44. The molecule has 0 aliphatic carbocycles. The molecule has 0 spiro atoms. The average Bonchev–Trinajstić information content (AvgIpc) is 2.60. The number of para-hydroxylation sites is 1. The first-order valence-electron chi connectivity index (χ1n) is 8.51. The van der Waals surface area contributed by atoms with Gasteiger partial charge in [-0.05, 0) is 36.1 Å². The van der Waals surface area contributed by atoms with Crippen molar-refractivity contribution in [1.82, 2.24) is 0 Å². The molecule has 3 N–H and O–H groups in total. The van der Waals surface area contributed by atoms with Gasteiger partial charge in [0.25, 0.3) is 0 Å². The van der Waals surface area contributed by atoms with Crippen LogP contribution in [0.15, 0.2) is 66.8 Å². The fourth-order valence-corrected chi connectivity index (χ4v) is 2.48. The van der Waals surface area contributed by atoms with Crippen LogP contribution in [-0.2, 0) is 19.1 Å². The SMILES string of the molecule is CCC=CC=CCc1ccc(CNc2c(N)cccc2C(F)(F)F)cc1. The van der Waals surface area contributed by atoms with Crippen LogP contribution in [0.25, 0.3) is 0 Å². The van der Waals surface area contributed by atoms with E-state index in [0.717, 1.165) is 30.0 Å². The molecule has 2 rings (SSSR count). The standard InChI is InChI=1S/C21H23F3N2/c1-2-3-4-5-6-8-16-11-13-17(14-12-16)15-26-20-18(21(22,23)24)9-7-10-19(20)25/h3-7,9-14,26H,2,8,15,25H2,1H3. The van der Waals surface area contributed by atoms with E-state index in [1.54, 1.807) is 0 Å². The van der Waals surface area contributed by atoms with Crippen LogP contribution in [0.5, 0.6) is 0 Å². The lowest BCUT2D eigenvalue weighted by atomic mass is 10.1. The second kappa shape index (κ2) is 9.13. The normalized spacial score (nSPS) is 12.2. The van der Waals surface area contributed by atoms with Crippen LogP contribution in [0.4, 0.5) is 24.5 Å². The van der Waals surface area contributed by atoms with Crippen molar-refractivity contribution >= 4 is 11.4 Å². The molecule has 0 atom stereocenters. The van der Waals surface area contributed by atoms with Gasteiger partial charge in [-0.25, -0.2) is 0 Å². The Morgan fingerprint density at radius 2 is 1.62 bits per heavy atom. The van der Waals surface area contributed by atoms with Crippen LogP contribution in [0.2, 0.25) is 0 Å². The van der Waals surface area contributed by atoms with Gasteiger partial charge in [-0.2, -0.15) is 13.2 Å². The summed E-state index contributed by atoms with van der Waals surface area (Å²) >= 11 is 0. The average molecular weight is 360 g/mol. The summed E-state index contributed by atoms with van der Waals surface area (Å²) in [6, 6.07) is 11.6. The predicted octanol–water partition coefficient (Wildman–Crippen LogP) is 5.96. The van der Waals surface area contributed by atoms with E-state index in [4.69, 9.17) is 5.73 Å². The number of anilines is 2. The van der Waals surface area contributed by atoms with Crippen molar-refractivity contribution < 1.29 is 13.2 Å². The molecule has 0 saturated heterocycles. The van der Waals surface area contributed by atoms with E-state index in [1.807, 2.05) is 36.4 Å². The van der Waals surface area contributed by atoms with E-state index < -0.39 is 11.7 Å². The summed E-state index contributed by atoms with van der Waals surface area (Å²) < 4.78 is 39.3. The molecule has 2 aromatic rings. The Kier molecular flexibility index (Phi) is 6.89. The molecule has 0 aromatic heterocycles. The Bertz CT molecular complexity index is 760. The maximum Gasteiger partial charge on any atom is 0.418 e. The monoisotopic (exact) mass is 360 g/mol. The van der Waals surface area contributed by atoms with Crippen LogP contribution in [0.3, 0.4) is 0 Å². The highest BCUT2D eigenvalue weighted by Crippen LogP contribution is 2.37. The Hall–Kier alpha value is -2.69. The molecule has 0 amide bonds. The quantitative estimate of drug-likeness (QED) is 0.472. The first-order valence-corrected chi connectivity index (χ1v) is 8.51. The summed E-state index contributed by atoms with van der Waals surface area (Å²) in [6.07, 6.45) is 5.55. The summed E-state index contributed by atoms with van der Waals surface area (Å²) in [5.41, 5.74) is 7.01. The molecular weight excluding hydrogens is 337 g/mol. The van der Waals surface area contributed by atoms with Crippen molar-refractivity contribution in [2.75, 3.05) is 11.1 Å². The number of allylic oxidation sites excluding steroid dienone is 4. The third kappa shape index (κ3) is 5.69. The second-order valence-electron chi connectivity index (χ2n) is 5.91. The van der Waals surface area contributed by atoms with Gasteiger partial charge in [-0.15, -0.1) is 0 Å². The van der Waals surface area contributed by atoms with Gasteiger partial charge in [-0.3, -0.25) is 0 Å². The number of halogens is 3. The van der Waals surface area contributed by atoms with E-state index in [-0.39, 0.29) is 17.9 Å². The van der Waals surface area contributed by atoms with E-state index in [0.29, 0.717) is 0 Å². The Balaban J connectivity index is 2.01. The Morgan fingerprint density at radius 1 is 0.962 bits per heavy atom. The number of rotatable bonds is 7. The first kappa shape index (κ1) is 19.6. The molecule has 2 nitrogen and oxygen atoms in total. The zero-order chi connectivity index (χ0) is 19.0. The first-order chi connectivity index (χ1) is 12.4. The molecule has 0 fully saturated rings. The Morgan fingerprint density at radius 3 is 2.27 bits per heavy atom. The van der Waals surface area contributed by atoms with Gasteiger partial charge < -0.3 is 11.1 Å². The zero-order valence-electron chi connectivity index (χ0n) is 14.7. The van der Waals surface area contributed by atoms with Gasteiger partial charge in [0.15, 0.2) is 0 Å². The van der Waals surface area contributed by atoms with E-state index >= 15 is 0 Å². The largest absolute Gasteiger partial charge is 0.418 e. The summed E-state index contributed by atoms with van der Waals surface area (Å²) in [6.45, 7) is 2.35. The lowest BCUT2D eigenvalue weighted by Gasteiger charge is -2.16. The minimum absolute atomic E-state index is 0.0743. The molecular formula is C21H23F3N2. The number of benzene rings is 2. The Labute approximate surface area is 152 Å². The van der Waals surface area contributed by atoms with E-state index in [2.05, 4.69) is 24.4 Å². The third-order valence-electron chi connectivity index (χ3n) is 3.87. The number of nitrogens with two attached hydrogens (primary N) is 1. The van der Waals surface area contributed by atoms with Crippen molar-refractivity contribution in [3.05, 3.63) is 83.5 Å². The summed E-state index contributed by atoms with van der Waals surface area (Å²) in [4.78, 5) is 0. The zero-order valence-corrected chi connectivity index (χ0v) is 14.7. The number of nitrogen functional groups attached to an aromatic ring is 1. The molecule has 0 saturated carbocycles. The number of hydrogen-bond acceptors (Lipinski definition) is 2. The van der Waals surface area contributed by atoms with Crippen molar-refractivity contribution in [1.29, 1.82) is 0 Å². The lowest BCUT2D eigenvalue weighted by molar-refractivity contribution is -0.136. The smallest absolute Gasteiger partial charge is 0.397 e. The molecule has 26 heavy (non-hydrogen) atoms. The number of hydrogen-bond donors (Lipinski definition) is 2. The van der Waals surface area contributed by atoms with E-state index in [1.165, 1.54) is 12.1 Å². The molecule has 0 aliphatic rings. The van der Waals surface area contributed by atoms with Gasteiger partial charge in [0.1, 0.15) is 0 Å². The molecule has 138 valence electrons. The predicted molar refractivity (Wildman–Crippen MR) is 102 cm³/mol. The van der Waals surface area contributed by atoms with Crippen molar-refractivity contribution in [2.24, 2.45) is 0 Å². The van der Waals surface area contributed by atoms with Crippen LogP contribution in [0.1, 0.15) is 30.0 Å². The molecule has 0 heterocycles. The number of nitrogens with one attached hydrogen (secondary N) is 1. The van der Waals surface area contributed by atoms with Gasteiger partial charge in [0, 0.05) is 6.54 Å². The minimum Gasteiger partial charge on any atom is -0.397 e. The van der Waals surface area contributed by atoms with Gasteiger partial charge >= 0.3 is 6.18 Å². The third-order valence-corrected chi connectivity index (χ3v) is 3.87. The highest BCUT2D eigenvalue weighted by Gasteiger charge is 2.34. The van der Waals surface area contributed by atoms with Gasteiger partial charge in [0.05, 0.1) is 16.9 Å². The second-order valence-corrected chi connectivity index (χ2v) is 5.91. The summed E-state index contributed by atoms with van der Waals surface area (Å²) in [7, 11) is 0. The highest BCUT2D eigenvalue weighted by molar-refractivity contribution is 5.71. The van der Waals surface area contributed by atoms with Crippen molar-refractivity contribution in [2.45, 2.75) is 32.5 Å². The van der Waals surface area contributed by atoms with Crippen LogP contribution in [0, 0.1) is 0 Å². The number of alkyl halides is 3. The fourth-order valence-electron chi connectivity index (χ4n) is 2.48. The molecule has 0 unspecified atom stereocenters. The molecule has 2 aromatic carbocycles. The molecule has 0 bridgehead atoms. The maximum atomic E-state index is 13.1. The van der Waals surface area contributed by atoms with Crippen LogP contribution < -0.4 is 11.1 Å². The van der Waals surface area contributed by atoms with Crippen molar-refractivity contribution in [3.8, 4) is 0 Å². The molecule has 0 aliphatic heterocycles. The highest BCUT2D eigenvalue weighted by atomic mass is 19.4. The van der Waals surface area contributed by atoms with Gasteiger partial charge in [0.2, 0.25) is 0 Å². The van der Waals surface area contributed by atoms with Crippen LogP contribution in [-0.4, -0.2) is 0 Å². The maximum absolute atomic E-state index is 13.1. The van der Waals surface area contributed by atoms with Crippen molar-refractivity contribution in [3.63, 3.8) is 0 Å². The van der Waals surface area contributed by atoms with Gasteiger partial charge in [-0.1, -0.05) is 61.6 Å². The summed E-state index contributed by atoms with van der Waals surface area (Å²) in [5, 5.41) is 2.82. The fraction of sp³-hybridized carbons (Fsp3) is 0.238.